The summed E-state index contributed by atoms with van der Waals surface area (Å²) in [5.74, 6) is -2.21. The van der Waals surface area contributed by atoms with Crippen molar-refractivity contribution in [2.45, 2.75) is 6.54 Å². The number of anilines is 1. The minimum Gasteiger partial charge on any atom is -0.296 e. The summed E-state index contributed by atoms with van der Waals surface area (Å²) in [4.78, 5) is 28.9. The van der Waals surface area contributed by atoms with Gasteiger partial charge in [0.1, 0.15) is 5.82 Å². The van der Waals surface area contributed by atoms with Crippen molar-refractivity contribution >= 4 is 40.3 Å². The lowest BCUT2D eigenvalue weighted by Gasteiger charge is -2.15. The molecule has 1 aromatic carbocycles. The molecule has 0 spiro atoms. The fourth-order valence-electron chi connectivity index (χ4n) is 1.98. The first-order valence-corrected chi connectivity index (χ1v) is 6.63. The highest BCUT2D eigenvalue weighted by atomic mass is 35.5. The highest BCUT2D eigenvalue weighted by molar-refractivity contribution is 7.07. The van der Waals surface area contributed by atoms with Gasteiger partial charge in [0.05, 0.1) is 34.0 Å². The zero-order valence-electron chi connectivity index (χ0n) is 9.39. The highest BCUT2D eigenvalue weighted by Gasteiger charge is 2.40. The van der Waals surface area contributed by atoms with Crippen LogP contribution in [0.3, 0.4) is 0 Å². The number of hydrogen-bond acceptors (Lipinski definition) is 4. The van der Waals surface area contributed by atoms with Crippen LogP contribution in [-0.4, -0.2) is 16.7 Å². The van der Waals surface area contributed by atoms with Crippen LogP contribution >= 0.6 is 22.9 Å². The van der Waals surface area contributed by atoms with Gasteiger partial charge in [0.2, 0.25) is 0 Å². The average molecular weight is 297 g/mol. The van der Waals surface area contributed by atoms with E-state index in [1.54, 1.807) is 10.9 Å². The lowest BCUT2D eigenvalue weighted by molar-refractivity contribution is -0.114. The summed E-state index contributed by atoms with van der Waals surface area (Å²) < 4.78 is 13.9. The highest BCUT2D eigenvalue weighted by Crippen LogP contribution is 2.37. The Morgan fingerprint density at radius 3 is 2.84 bits per heavy atom. The van der Waals surface area contributed by atoms with Gasteiger partial charge in [-0.3, -0.25) is 14.5 Å². The minimum atomic E-state index is -0.783. The van der Waals surface area contributed by atoms with E-state index in [0.29, 0.717) is 5.69 Å². The van der Waals surface area contributed by atoms with Gasteiger partial charge >= 0.3 is 0 Å². The Bertz CT molecular complexity index is 687. The smallest absolute Gasteiger partial charge is 0.296 e. The summed E-state index contributed by atoms with van der Waals surface area (Å²) in [7, 11) is 0. The number of hydrogen-bond donors (Lipinski definition) is 0. The number of fused-ring (bicyclic) bond motifs is 1. The normalized spacial score (nSPS) is 14.1. The second kappa shape index (κ2) is 4.40. The zero-order chi connectivity index (χ0) is 13.6. The standard InChI is InChI=1S/C12H6ClFN2O2S/c13-7-1-2-8(14)10-9(7)11(17)12(18)16(10)3-6-4-19-5-15-6/h1-2,4-5H,3H2. The van der Waals surface area contributed by atoms with Gasteiger partial charge in [0, 0.05) is 5.38 Å². The second-order valence-corrected chi connectivity index (χ2v) is 5.08. The maximum absolute atomic E-state index is 13.9. The number of carbonyl (C=O) groups excluding carboxylic acids is 2. The fraction of sp³-hybridized carbons (Fsp3) is 0.0833. The number of benzene rings is 1. The van der Waals surface area contributed by atoms with E-state index in [1.165, 1.54) is 17.4 Å². The van der Waals surface area contributed by atoms with Gasteiger partial charge in [-0.25, -0.2) is 9.37 Å². The Morgan fingerprint density at radius 2 is 2.16 bits per heavy atom. The zero-order valence-corrected chi connectivity index (χ0v) is 11.0. The van der Waals surface area contributed by atoms with Crippen LogP contribution in [0, 0.1) is 5.82 Å². The van der Waals surface area contributed by atoms with Crippen LogP contribution in [0.15, 0.2) is 23.0 Å². The van der Waals surface area contributed by atoms with Crippen LogP contribution in [0.4, 0.5) is 10.1 Å². The first kappa shape index (κ1) is 12.3. The van der Waals surface area contributed by atoms with Crippen LogP contribution < -0.4 is 4.90 Å². The molecule has 1 aliphatic rings. The lowest BCUT2D eigenvalue weighted by atomic mass is 10.1. The van der Waals surface area contributed by atoms with E-state index in [9.17, 15) is 14.0 Å². The van der Waals surface area contributed by atoms with Crippen LogP contribution in [0.5, 0.6) is 0 Å². The summed E-state index contributed by atoms with van der Waals surface area (Å²) in [5, 5.41) is 1.81. The molecule has 96 valence electrons. The molecule has 0 N–H and O–H groups in total. The number of ketones is 1. The topological polar surface area (TPSA) is 50.3 Å². The number of carbonyl (C=O) groups is 2. The van der Waals surface area contributed by atoms with Crippen molar-refractivity contribution in [1.82, 2.24) is 4.98 Å². The van der Waals surface area contributed by atoms with Crippen LogP contribution in [0.25, 0.3) is 0 Å². The summed E-state index contributed by atoms with van der Waals surface area (Å²) in [6.45, 7) is 0.0539. The summed E-state index contributed by atoms with van der Waals surface area (Å²) >= 11 is 7.23. The molecule has 1 aromatic heterocycles. The van der Waals surface area contributed by atoms with E-state index >= 15 is 0 Å². The molecule has 0 unspecified atom stereocenters. The van der Waals surface area contributed by atoms with E-state index < -0.39 is 17.5 Å². The van der Waals surface area contributed by atoms with Crippen molar-refractivity contribution < 1.29 is 14.0 Å². The third-order valence-corrected chi connectivity index (χ3v) is 3.77. The molecule has 19 heavy (non-hydrogen) atoms. The number of amides is 1. The van der Waals surface area contributed by atoms with E-state index in [0.717, 1.165) is 11.0 Å². The predicted octanol–water partition coefficient (Wildman–Crippen LogP) is 2.67. The van der Waals surface area contributed by atoms with E-state index in [2.05, 4.69) is 4.98 Å². The number of aromatic nitrogens is 1. The molecule has 4 nitrogen and oxygen atoms in total. The molecule has 2 aromatic rings. The van der Waals surface area contributed by atoms with Crippen LogP contribution in [0.1, 0.15) is 16.1 Å². The van der Waals surface area contributed by atoms with Gasteiger partial charge in [-0.15, -0.1) is 11.3 Å². The monoisotopic (exact) mass is 296 g/mol. The van der Waals surface area contributed by atoms with Gasteiger partial charge < -0.3 is 0 Å². The van der Waals surface area contributed by atoms with Crippen molar-refractivity contribution in [3.05, 3.63) is 45.1 Å². The quantitative estimate of drug-likeness (QED) is 0.801. The third kappa shape index (κ3) is 1.84. The predicted molar refractivity (Wildman–Crippen MR) is 69.0 cm³/mol. The first-order valence-electron chi connectivity index (χ1n) is 5.31. The largest absolute Gasteiger partial charge is 0.299 e. The van der Waals surface area contributed by atoms with Crippen molar-refractivity contribution in [2.75, 3.05) is 4.90 Å². The van der Waals surface area contributed by atoms with Gasteiger partial charge in [-0.05, 0) is 12.1 Å². The number of thiazole rings is 1. The molecule has 0 atom stereocenters. The van der Waals surface area contributed by atoms with Crippen molar-refractivity contribution in [3.8, 4) is 0 Å². The molecule has 1 aliphatic heterocycles. The van der Waals surface area contributed by atoms with Gasteiger partial charge in [-0.1, -0.05) is 11.6 Å². The van der Waals surface area contributed by atoms with E-state index in [-0.39, 0.29) is 22.8 Å². The Hall–Kier alpha value is -1.79. The Morgan fingerprint density at radius 1 is 1.37 bits per heavy atom. The van der Waals surface area contributed by atoms with Crippen molar-refractivity contribution in [2.24, 2.45) is 0 Å². The average Bonchev–Trinajstić information content (AvgIpc) is 2.97. The molecule has 0 aliphatic carbocycles. The summed E-state index contributed by atoms with van der Waals surface area (Å²) in [6.07, 6.45) is 0. The SMILES string of the molecule is O=C1C(=O)N(Cc2cscn2)c2c(F)ccc(Cl)c21. The molecule has 0 saturated heterocycles. The molecule has 0 saturated carbocycles. The minimum absolute atomic E-state index is 0.0539. The Balaban J connectivity index is 2.12. The molecular formula is C12H6ClFN2O2S. The number of halogens is 2. The molecule has 0 fully saturated rings. The van der Waals surface area contributed by atoms with Crippen molar-refractivity contribution in [1.29, 1.82) is 0 Å². The van der Waals surface area contributed by atoms with Gasteiger partial charge in [0.15, 0.2) is 0 Å². The summed E-state index contributed by atoms with van der Waals surface area (Å²) in [6, 6.07) is 2.41. The molecule has 1 amide bonds. The number of nitrogens with zero attached hydrogens (tertiary/aromatic N) is 2. The molecular weight excluding hydrogens is 291 g/mol. The molecule has 2 heterocycles. The lowest BCUT2D eigenvalue weighted by Crippen LogP contribution is -2.29. The number of rotatable bonds is 2. The molecule has 3 rings (SSSR count). The first-order chi connectivity index (χ1) is 9.09. The Kier molecular flexibility index (Phi) is 2.83. The fourth-order valence-corrected chi connectivity index (χ4v) is 2.77. The molecule has 0 bridgehead atoms. The third-order valence-electron chi connectivity index (χ3n) is 2.82. The molecule has 7 heteroatoms. The van der Waals surface area contributed by atoms with Gasteiger partial charge in [0.25, 0.3) is 11.7 Å². The van der Waals surface area contributed by atoms with E-state index in [4.69, 9.17) is 11.6 Å². The van der Waals surface area contributed by atoms with Gasteiger partial charge in [-0.2, -0.15) is 0 Å². The van der Waals surface area contributed by atoms with Crippen LogP contribution in [0.2, 0.25) is 5.02 Å². The van der Waals surface area contributed by atoms with Crippen LogP contribution in [-0.2, 0) is 11.3 Å². The Labute approximate surface area is 116 Å². The maximum atomic E-state index is 13.9. The second-order valence-electron chi connectivity index (χ2n) is 3.95. The number of Topliss-reactive ketones (excluding diaryl/α,β-unsaturated/α-hetero) is 1. The molecule has 0 radical (unpaired) electrons. The van der Waals surface area contributed by atoms with Crippen molar-refractivity contribution in [3.63, 3.8) is 0 Å². The maximum Gasteiger partial charge on any atom is 0.299 e. The van der Waals surface area contributed by atoms with E-state index in [1.807, 2.05) is 0 Å². The summed E-state index contributed by atoms with van der Waals surface area (Å²) in [5.41, 5.74) is 2.07.